The van der Waals surface area contributed by atoms with Gasteiger partial charge in [0.25, 0.3) is 11.8 Å². The number of hydrogen-bond donors (Lipinski definition) is 1. The average Bonchev–Trinajstić information content (AvgIpc) is 3.05. The van der Waals surface area contributed by atoms with Crippen LogP contribution >= 0.6 is 0 Å². The molecule has 2 aromatic carbocycles. The first-order chi connectivity index (χ1) is 15.0. The van der Waals surface area contributed by atoms with E-state index in [1.807, 2.05) is 30.3 Å². The van der Waals surface area contributed by atoms with E-state index >= 15 is 0 Å². The molecule has 7 heteroatoms. The Labute approximate surface area is 181 Å². The van der Waals surface area contributed by atoms with E-state index in [4.69, 9.17) is 4.74 Å². The molecule has 7 nitrogen and oxygen atoms in total. The van der Waals surface area contributed by atoms with Gasteiger partial charge in [0, 0.05) is 18.5 Å². The second-order valence-corrected chi connectivity index (χ2v) is 8.23. The molecule has 0 aliphatic carbocycles. The van der Waals surface area contributed by atoms with E-state index < -0.39 is 17.2 Å². The fraction of sp³-hybridized carbons (Fsp3) is 0.375. The van der Waals surface area contributed by atoms with E-state index in [2.05, 4.69) is 0 Å². The molecule has 31 heavy (non-hydrogen) atoms. The van der Waals surface area contributed by atoms with Crippen LogP contribution in [0.5, 0.6) is 5.75 Å². The lowest BCUT2D eigenvalue weighted by atomic mass is 9.78. The molecule has 162 valence electrons. The number of likely N-dealkylation sites (tertiary alicyclic amines) is 1. The molecule has 1 N–H and O–H groups in total. The molecule has 1 atom stereocenters. The minimum atomic E-state index is -0.454. The Morgan fingerprint density at radius 3 is 2.29 bits per heavy atom. The number of amides is 3. The Morgan fingerprint density at radius 1 is 1.00 bits per heavy atom. The summed E-state index contributed by atoms with van der Waals surface area (Å²) in [5.41, 5.74) is 0.216. The van der Waals surface area contributed by atoms with E-state index in [0.29, 0.717) is 37.2 Å². The summed E-state index contributed by atoms with van der Waals surface area (Å²) in [6, 6.07) is 16.1. The third kappa shape index (κ3) is 4.32. The Hall–Kier alpha value is -3.19. The van der Waals surface area contributed by atoms with Crippen LogP contribution in [0.15, 0.2) is 54.6 Å². The average molecular weight is 422 g/mol. The highest BCUT2D eigenvalue weighted by atomic mass is 16.5. The van der Waals surface area contributed by atoms with Crippen LogP contribution in [-0.4, -0.2) is 65.5 Å². The number of para-hydroxylation sites is 1. The summed E-state index contributed by atoms with van der Waals surface area (Å²) in [6.07, 6.45) is 2.15. The predicted molar refractivity (Wildman–Crippen MR) is 114 cm³/mol. The van der Waals surface area contributed by atoms with Crippen LogP contribution in [0.1, 0.15) is 40.0 Å². The van der Waals surface area contributed by atoms with E-state index in [-0.39, 0.29) is 19.1 Å². The Balaban J connectivity index is 1.37. The molecule has 2 aliphatic heterocycles. The van der Waals surface area contributed by atoms with Gasteiger partial charge in [-0.1, -0.05) is 30.3 Å². The van der Waals surface area contributed by atoms with Crippen molar-refractivity contribution < 1.29 is 24.2 Å². The number of hydrogen-bond acceptors (Lipinski definition) is 5. The number of fused-ring (bicyclic) bond motifs is 1. The first-order valence-corrected chi connectivity index (χ1v) is 10.5. The SMILES string of the molecule is O=C(CN1C(=O)c2ccccc2C1=O)N1CCCC(CO)(CCOc2ccccc2)C1. The van der Waals surface area contributed by atoms with Gasteiger partial charge in [-0.05, 0) is 43.5 Å². The number of imide groups is 1. The number of carbonyl (C=O) groups excluding carboxylic acids is 3. The van der Waals surface area contributed by atoms with E-state index in [0.717, 1.165) is 23.5 Å². The number of aliphatic hydroxyl groups is 1. The summed E-state index contributed by atoms with van der Waals surface area (Å²) < 4.78 is 5.79. The molecule has 4 rings (SSSR count). The number of piperidine rings is 1. The number of benzene rings is 2. The Bertz CT molecular complexity index is 942. The topological polar surface area (TPSA) is 87.2 Å². The molecule has 1 unspecified atom stereocenters. The molecule has 2 aliphatic rings. The van der Waals surface area contributed by atoms with Crippen molar-refractivity contribution in [1.29, 1.82) is 0 Å². The van der Waals surface area contributed by atoms with Gasteiger partial charge in [-0.15, -0.1) is 0 Å². The standard InChI is InChI=1S/C24H26N2O5/c27-17-24(12-14-31-18-7-2-1-3-8-18)11-6-13-25(16-24)21(28)15-26-22(29)19-9-4-5-10-20(19)23(26)30/h1-5,7-10,27H,6,11-17H2. The predicted octanol–water partition coefficient (Wildman–Crippen LogP) is 2.35. The maximum absolute atomic E-state index is 13.0. The fourth-order valence-electron chi connectivity index (χ4n) is 4.35. The molecule has 0 bridgehead atoms. The minimum absolute atomic E-state index is 0.0536. The van der Waals surface area contributed by atoms with Crippen LogP contribution in [0, 0.1) is 5.41 Å². The summed E-state index contributed by atoms with van der Waals surface area (Å²) in [5.74, 6) is -0.382. The first-order valence-electron chi connectivity index (χ1n) is 10.5. The zero-order chi connectivity index (χ0) is 21.8. The minimum Gasteiger partial charge on any atom is -0.494 e. The van der Waals surface area contributed by atoms with Crippen LogP contribution in [0.4, 0.5) is 0 Å². The summed E-state index contributed by atoms with van der Waals surface area (Å²) in [7, 11) is 0. The Kier molecular flexibility index (Phi) is 6.04. The monoisotopic (exact) mass is 422 g/mol. The van der Waals surface area contributed by atoms with Gasteiger partial charge >= 0.3 is 0 Å². The van der Waals surface area contributed by atoms with Gasteiger partial charge < -0.3 is 14.7 Å². The van der Waals surface area contributed by atoms with Crippen LogP contribution in [-0.2, 0) is 4.79 Å². The van der Waals surface area contributed by atoms with Crippen molar-refractivity contribution >= 4 is 17.7 Å². The molecule has 2 heterocycles. The number of ether oxygens (including phenoxy) is 1. The lowest BCUT2D eigenvalue weighted by molar-refractivity contribution is -0.136. The maximum Gasteiger partial charge on any atom is 0.262 e. The van der Waals surface area contributed by atoms with Crippen molar-refractivity contribution in [1.82, 2.24) is 9.80 Å². The van der Waals surface area contributed by atoms with Crippen molar-refractivity contribution in [2.45, 2.75) is 19.3 Å². The van der Waals surface area contributed by atoms with Crippen molar-refractivity contribution in [2.75, 3.05) is 32.8 Å². The van der Waals surface area contributed by atoms with Crippen molar-refractivity contribution in [2.24, 2.45) is 5.41 Å². The Morgan fingerprint density at radius 2 is 1.65 bits per heavy atom. The molecule has 1 saturated heterocycles. The summed E-state index contributed by atoms with van der Waals surface area (Å²) in [4.78, 5) is 40.8. The van der Waals surface area contributed by atoms with Gasteiger partial charge in [0.05, 0.1) is 24.3 Å². The summed E-state index contributed by atoms with van der Waals surface area (Å²) >= 11 is 0. The van der Waals surface area contributed by atoms with Gasteiger partial charge in [0.1, 0.15) is 12.3 Å². The number of carbonyl (C=O) groups is 3. The highest BCUT2D eigenvalue weighted by Gasteiger charge is 2.40. The maximum atomic E-state index is 13.0. The third-order valence-electron chi connectivity index (χ3n) is 6.17. The zero-order valence-corrected chi connectivity index (χ0v) is 17.3. The number of rotatable bonds is 7. The van der Waals surface area contributed by atoms with E-state index in [1.54, 1.807) is 29.2 Å². The molecular formula is C24H26N2O5. The van der Waals surface area contributed by atoms with Crippen molar-refractivity contribution in [3.63, 3.8) is 0 Å². The van der Waals surface area contributed by atoms with Crippen molar-refractivity contribution in [3.8, 4) is 5.75 Å². The molecule has 0 spiro atoms. The third-order valence-corrected chi connectivity index (χ3v) is 6.17. The highest BCUT2D eigenvalue weighted by molar-refractivity contribution is 6.22. The van der Waals surface area contributed by atoms with Gasteiger partial charge in [-0.25, -0.2) is 0 Å². The normalized spacial score (nSPS) is 20.7. The van der Waals surface area contributed by atoms with Gasteiger partial charge in [0.2, 0.25) is 5.91 Å². The smallest absolute Gasteiger partial charge is 0.262 e. The fourth-order valence-corrected chi connectivity index (χ4v) is 4.35. The molecule has 3 amide bonds. The molecule has 0 saturated carbocycles. The largest absolute Gasteiger partial charge is 0.494 e. The quantitative estimate of drug-likeness (QED) is 0.692. The molecule has 0 radical (unpaired) electrons. The van der Waals surface area contributed by atoms with Crippen LogP contribution in [0.2, 0.25) is 0 Å². The van der Waals surface area contributed by atoms with E-state index in [1.165, 1.54) is 0 Å². The van der Waals surface area contributed by atoms with Crippen molar-refractivity contribution in [3.05, 3.63) is 65.7 Å². The number of nitrogens with zero attached hydrogens (tertiary/aromatic N) is 2. The van der Waals surface area contributed by atoms with Crippen LogP contribution < -0.4 is 4.74 Å². The second-order valence-electron chi connectivity index (χ2n) is 8.23. The molecule has 1 fully saturated rings. The van der Waals surface area contributed by atoms with Gasteiger partial charge in [-0.2, -0.15) is 0 Å². The zero-order valence-electron chi connectivity index (χ0n) is 17.3. The summed E-state index contributed by atoms with van der Waals surface area (Å²) in [5, 5.41) is 10.1. The molecule has 0 aromatic heterocycles. The molecular weight excluding hydrogens is 396 g/mol. The lowest BCUT2D eigenvalue weighted by Gasteiger charge is -2.42. The lowest BCUT2D eigenvalue weighted by Crippen LogP contribution is -2.51. The highest BCUT2D eigenvalue weighted by Crippen LogP contribution is 2.34. The summed E-state index contributed by atoms with van der Waals surface area (Å²) in [6.45, 7) is 1.02. The second kappa shape index (κ2) is 8.89. The van der Waals surface area contributed by atoms with Gasteiger partial charge in [0.15, 0.2) is 0 Å². The molecule has 2 aromatic rings. The van der Waals surface area contributed by atoms with E-state index in [9.17, 15) is 19.5 Å². The first kappa shape index (κ1) is 21.1. The van der Waals surface area contributed by atoms with Crippen LogP contribution in [0.25, 0.3) is 0 Å². The van der Waals surface area contributed by atoms with Crippen LogP contribution in [0.3, 0.4) is 0 Å². The van der Waals surface area contributed by atoms with Gasteiger partial charge in [-0.3, -0.25) is 19.3 Å². The number of aliphatic hydroxyl groups excluding tert-OH is 1.